The topological polar surface area (TPSA) is 47.6 Å². The van der Waals surface area contributed by atoms with Crippen molar-refractivity contribution >= 4 is 29.4 Å². The van der Waals surface area contributed by atoms with Crippen molar-refractivity contribution in [2.24, 2.45) is 0 Å². The lowest BCUT2D eigenvalue weighted by atomic mass is 10.2. The Morgan fingerprint density at radius 1 is 1.36 bits per heavy atom. The lowest BCUT2D eigenvalue weighted by Gasteiger charge is -2.15. The SMILES string of the molecule is CC[C@H](C)NC(=O)COc1ccc(C2SCCS2)cc1OC. The number of thioether (sulfide) groups is 2. The lowest BCUT2D eigenvalue weighted by molar-refractivity contribution is -0.123. The van der Waals surface area contributed by atoms with Crippen molar-refractivity contribution in [3.8, 4) is 11.5 Å². The second-order valence-electron chi connectivity index (χ2n) is 5.15. The van der Waals surface area contributed by atoms with Crippen molar-refractivity contribution in [2.75, 3.05) is 25.2 Å². The molecule has 4 nitrogen and oxygen atoms in total. The molecule has 0 unspecified atom stereocenters. The molecule has 0 bridgehead atoms. The highest BCUT2D eigenvalue weighted by molar-refractivity contribution is 8.19. The molecular weight excluding hydrogens is 318 g/mol. The highest BCUT2D eigenvalue weighted by atomic mass is 32.2. The standard InChI is InChI=1S/C16H23NO3S2/c1-4-11(2)17-15(18)10-20-13-6-5-12(9-14(13)19-3)16-21-7-8-22-16/h5-6,9,11,16H,4,7-8,10H2,1-3H3,(H,17,18)/t11-/m0/s1. The van der Waals surface area contributed by atoms with Gasteiger partial charge in [-0.15, -0.1) is 23.5 Å². The summed E-state index contributed by atoms with van der Waals surface area (Å²) in [5.41, 5.74) is 1.24. The fourth-order valence-electron chi connectivity index (χ4n) is 2.06. The smallest absolute Gasteiger partial charge is 0.258 e. The normalized spacial score (nSPS) is 16.3. The third kappa shape index (κ3) is 4.74. The first-order valence-electron chi connectivity index (χ1n) is 7.47. The van der Waals surface area contributed by atoms with Crippen LogP contribution < -0.4 is 14.8 Å². The monoisotopic (exact) mass is 341 g/mol. The molecule has 1 aromatic carbocycles. The summed E-state index contributed by atoms with van der Waals surface area (Å²) in [5.74, 6) is 3.56. The molecule has 6 heteroatoms. The average Bonchev–Trinajstić information content (AvgIpc) is 3.07. The number of nitrogens with one attached hydrogen (secondary N) is 1. The third-order valence-corrected chi connectivity index (χ3v) is 6.56. The minimum Gasteiger partial charge on any atom is -0.493 e. The highest BCUT2D eigenvalue weighted by Crippen LogP contribution is 2.46. The van der Waals surface area contributed by atoms with E-state index in [0.29, 0.717) is 16.1 Å². The van der Waals surface area contributed by atoms with Crippen LogP contribution in [0.4, 0.5) is 0 Å². The Balaban J connectivity index is 1.97. The Bertz CT molecular complexity index is 504. The van der Waals surface area contributed by atoms with Crippen molar-refractivity contribution in [3.63, 3.8) is 0 Å². The van der Waals surface area contributed by atoms with Crippen molar-refractivity contribution in [3.05, 3.63) is 23.8 Å². The van der Waals surface area contributed by atoms with E-state index in [9.17, 15) is 4.79 Å². The number of benzene rings is 1. The van der Waals surface area contributed by atoms with Crippen molar-refractivity contribution in [1.82, 2.24) is 5.32 Å². The van der Waals surface area contributed by atoms with E-state index < -0.39 is 0 Å². The van der Waals surface area contributed by atoms with Gasteiger partial charge in [0, 0.05) is 17.5 Å². The molecule has 1 heterocycles. The van der Waals surface area contributed by atoms with Gasteiger partial charge < -0.3 is 14.8 Å². The van der Waals surface area contributed by atoms with Crippen LogP contribution in [0.5, 0.6) is 11.5 Å². The van der Waals surface area contributed by atoms with E-state index in [1.165, 1.54) is 17.1 Å². The van der Waals surface area contributed by atoms with Gasteiger partial charge in [0.05, 0.1) is 11.7 Å². The summed E-state index contributed by atoms with van der Waals surface area (Å²) in [7, 11) is 1.63. The van der Waals surface area contributed by atoms with E-state index in [-0.39, 0.29) is 18.6 Å². The van der Waals surface area contributed by atoms with Crippen molar-refractivity contribution in [1.29, 1.82) is 0 Å². The first kappa shape index (κ1) is 17.3. The summed E-state index contributed by atoms with van der Waals surface area (Å²) in [6.07, 6.45) is 0.903. The van der Waals surface area contributed by atoms with Gasteiger partial charge in [0.15, 0.2) is 18.1 Å². The van der Waals surface area contributed by atoms with Crippen LogP contribution in [-0.4, -0.2) is 37.2 Å². The summed E-state index contributed by atoms with van der Waals surface area (Å²) in [6.45, 7) is 4.02. The van der Waals surface area contributed by atoms with E-state index in [0.717, 1.165) is 6.42 Å². The van der Waals surface area contributed by atoms with Crippen LogP contribution in [0.3, 0.4) is 0 Å². The van der Waals surface area contributed by atoms with E-state index >= 15 is 0 Å². The van der Waals surface area contributed by atoms with E-state index in [1.807, 2.05) is 49.5 Å². The van der Waals surface area contributed by atoms with Crippen LogP contribution in [0, 0.1) is 0 Å². The Kier molecular flexibility index (Phi) is 6.76. The number of carbonyl (C=O) groups is 1. The summed E-state index contributed by atoms with van der Waals surface area (Å²) in [5, 5.41) is 2.88. The quantitative estimate of drug-likeness (QED) is 0.823. The van der Waals surface area contributed by atoms with Gasteiger partial charge in [-0.1, -0.05) is 13.0 Å². The zero-order valence-corrected chi connectivity index (χ0v) is 14.9. The second-order valence-corrected chi connectivity index (χ2v) is 7.87. The zero-order valence-electron chi connectivity index (χ0n) is 13.3. The number of methoxy groups -OCH3 is 1. The van der Waals surface area contributed by atoms with Crippen LogP contribution in [0.15, 0.2) is 18.2 Å². The van der Waals surface area contributed by atoms with Gasteiger partial charge in [-0.05, 0) is 31.0 Å². The molecule has 0 aliphatic carbocycles. The molecule has 22 heavy (non-hydrogen) atoms. The van der Waals surface area contributed by atoms with Gasteiger partial charge in [-0.25, -0.2) is 0 Å². The largest absolute Gasteiger partial charge is 0.493 e. The van der Waals surface area contributed by atoms with Gasteiger partial charge in [0.2, 0.25) is 0 Å². The predicted octanol–water partition coefficient (Wildman–Crippen LogP) is 3.47. The highest BCUT2D eigenvalue weighted by Gasteiger charge is 2.20. The van der Waals surface area contributed by atoms with E-state index in [2.05, 4.69) is 11.4 Å². The van der Waals surface area contributed by atoms with Crippen LogP contribution in [0.2, 0.25) is 0 Å². The molecular formula is C16H23NO3S2. The van der Waals surface area contributed by atoms with Crippen LogP contribution in [0.25, 0.3) is 0 Å². The molecule has 1 aromatic rings. The van der Waals surface area contributed by atoms with Crippen molar-refractivity contribution in [2.45, 2.75) is 30.9 Å². The summed E-state index contributed by atoms with van der Waals surface area (Å²) >= 11 is 3.90. The van der Waals surface area contributed by atoms with Crippen LogP contribution in [0.1, 0.15) is 30.4 Å². The Labute approximate surface area is 140 Å². The average molecular weight is 341 g/mol. The molecule has 0 radical (unpaired) electrons. The number of hydrogen-bond acceptors (Lipinski definition) is 5. The summed E-state index contributed by atoms with van der Waals surface area (Å²) < 4.78 is 11.5. The fraction of sp³-hybridized carbons (Fsp3) is 0.562. The van der Waals surface area contributed by atoms with Gasteiger partial charge in [0.1, 0.15) is 0 Å². The first-order valence-corrected chi connectivity index (χ1v) is 9.57. The molecule has 2 rings (SSSR count). The number of amides is 1. The number of ether oxygens (including phenoxy) is 2. The predicted molar refractivity (Wildman–Crippen MR) is 94.0 cm³/mol. The zero-order chi connectivity index (χ0) is 15.9. The summed E-state index contributed by atoms with van der Waals surface area (Å²) in [4.78, 5) is 11.8. The minimum absolute atomic E-state index is 0.00692. The first-order chi connectivity index (χ1) is 10.6. The van der Waals surface area contributed by atoms with Gasteiger partial charge in [-0.3, -0.25) is 4.79 Å². The van der Waals surface area contributed by atoms with Gasteiger partial charge >= 0.3 is 0 Å². The molecule has 0 saturated carbocycles. The van der Waals surface area contributed by atoms with E-state index in [4.69, 9.17) is 9.47 Å². The lowest BCUT2D eigenvalue weighted by Crippen LogP contribution is -2.35. The maximum Gasteiger partial charge on any atom is 0.258 e. The second kappa shape index (κ2) is 8.58. The minimum atomic E-state index is -0.109. The Morgan fingerprint density at radius 3 is 2.73 bits per heavy atom. The molecule has 1 atom stereocenters. The van der Waals surface area contributed by atoms with Crippen LogP contribution >= 0.6 is 23.5 Å². The number of hydrogen-bond donors (Lipinski definition) is 1. The molecule has 1 amide bonds. The molecule has 1 saturated heterocycles. The molecule has 1 N–H and O–H groups in total. The number of rotatable bonds is 7. The molecule has 1 aliphatic rings. The Morgan fingerprint density at radius 2 is 2.09 bits per heavy atom. The molecule has 0 spiro atoms. The number of carbonyl (C=O) groups excluding carboxylic acids is 1. The Hall–Kier alpha value is -1.01. The third-order valence-electron chi connectivity index (χ3n) is 3.46. The maximum atomic E-state index is 11.8. The molecule has 0 aromatic heterocycles. The van der Waals surface area contributed by atoms with Gasteiger partial charge in [0.25, 0.3) is 5.91 Å². The fourth-order valence-corrected chi connectivity index (χ4v) is 4.90. The van der Waals surface area contributed by atoms with E-state index in [1.54, 1.807) is 7.11 Å². The molecule has 1 aliphatic heterocycles. The maximum absolute atomic E-state index is 11.8. The van der Waals surface area contributed by atoms with Crippen molar-refractivity contribution < 1.29 is 14.3 Å². The molecule has 122 valence electrons. The molecule has 1 fully saturated rings. The van der Waals surface area contributed by atoms with Crippen LogP contribution in [-0.2, 0) is 4.79 Å². The summed E-state index contributed by atoms with van der Waals surface area (Å²) in [6, 6.07) is 6.12. The van der Waals surface area contributed by atoms with Gasteiger partial charge in [-0.2, -0.15) is 0 Å².